The molecular weight excluding hydrogens is 475 g/mol. The summed E-state index contributed by atoms with van der Waals surface area (Å²) in [7, 11) is 0. The summed E-state index contributed by atoms with van der Waals surface area (Å²) in [5, 5.41) is 9.83. The third kappa shape index (κ3) is 6.24. The second kappa shape index (κ2) is 10.7. The molecule has 2 aromatic rings. The third-order valence-electron chi connectivity index (χ3n) is 4.02. The second-order valence-electron chi connectivity index (χ2n) is 6.38. The highest BCUT2D eigenvalue weighted by Crippen LogP contribution is 2.32. The number of nitrogens with zero attached hydrogens (tertiary/aromatic N) is 2. The number of guanidine groups is 1. The lowest BCUT2D eigenvalue weighted by Crippen LogP contribution is -2.38. The van der Waals surface area contributed by atoms with Crippen LogP contribution in [0.15, 0.2) is 28.6 Å². The first-order chi connectivity index (χ1) is 12.7. The van der Waals surface area contributed by atoms with Crippen LogP contribution in [0.2, 0.25) is 0 Å². The first-order valence-corrected chi connectivity index (χ1v) is 9.88. The Morgan fingerprint density at radius 1 is 1.26 bits per heavy atom. The highest BCUT2D eigenvalue weighted by molar-refractivity contribution is 14.0. The standard InChI is InChI=1S/C19H26N4O2S.HI/c1-4-20-19(22-10-18-23-15(11-26-18)13(2)3)21-8-7-14-5-6-16-17(9-14)25-12-24-16;/h5-6,9,11,13H,4,7-8,10,12H2,1-3H3,(H2,20,21,22);1H. The zero-order valence-corrected chi connectivity index (χ0v) is 19.1. The van der Waals surface area contributed by atoms with E-state index in [4.69, 9.17) is 9.47 Å². The van der Waals surface area contributed by atoms with Gasteiger partial charge in [-0.25, -0.2) is 9.98 Å². The first kappa shape index (κ1) is 21.7. The Kier molecular flexibility index (Phi) is 8.62. The van der Waals surface area contributed by atoms with Gasteiger partial charge in [0.05, 0.1) is 12.2 Å². The number of benzene rings is 1. The largest absolute Gasteiger partial charge is 0.454 e. The lowest BCUT2D eigenvalue weighted by Gasteiger charge is -2.11. The Morgan fingerprint density at radius 2 is 2.07 bits per heavy atom. The minimum absolute atomic E-state index is 0. The van der Waals surface area contributed by atoms with Crippen molar-refractivity contribution in [2.45, 2.75) is 39.7 Å². The van der Waals surface area contributed by atoms with Gasteiger partial charge in [0.1, 0.15) is 5.01 Å². The van der Waals surface area contributed by atoms with Gasteiger partial charge >= 0.3 is 0 Å². The average Bonchev–Trinajstić information content (AvgIpc) is 3.28. The van der Waals surface area contributed by atoms with Gasteiger partial charge in [-0.3, -0.25) is 0 Å². The van der Waals surface area contributed by atoms with E-state index in [2.05, 4.69) is 52.8 Å². The normalized spacial score (nSPS) is 12.8. The van der Waals surface area contributed by atoms with Crippen molar-refractivity contribution < 1.29 is 9.47 Å². The average molecular weight is 502 g/mol. The summed E-state index contributed by atoms with van der Waals surface area (Å²) in [5.74, 6) is 2.92. The van der Waals surface area contributed by atoms with Crippen molar-refractivity contribution in [3.63, 3.8) is 0 Å². The number of hydrogen-bond donors (Lipinski definition) is 2. The molecule has 0 bridgehead atoms. The van der Waals surface area contributed by atoms with Crippen LogP contribution in [-0.4, -0.2) is 30.8 Å². The van der Waals surface area contributed by atoms with Crippen LogP contribution in [-0.2, 0) is 13.0 Å². The second-order valence-corrected chi connectivity index (χ2v) is 7.32. The maximum absolute atomic E-state index is 5.43. The molecule has 0 radical (unpaired) electrons. The smallest absolute Gasteiger partial charge is 0.231 e. The van der Waals surface area contributed by atoms with Crippen molar-refractivity contribution >= 4 is 41.3 Å². The van der Waals surface area contributed by atoms with Crippen LogP contribution in [0.4, 0.5) is 0 Å². The SMILES string of the molecule is CCNC(=NCc1nc(C(C)C)cs1)NCCc1ccc2c(c1)OCO2.I. The molecule has 0 unspecified atom stereocenters. The van der Waals surface area contributed by atoms with Gasteiger partial charge in [0.2, 0.25) is 6.79 Å². The number of ether oxygens (including phenoxy) is 2. The van der Waals surface area contributed by atoms with E-state index >= 15 is 0 Å². The van der Waals surface area contributed by atoms with Crippen molar-refractivity contribution in [3.05, 3.63) is 39.8 Å². The number of hydrogen-bond acceptors (Lipinski definition) is 5. The molecule has 27 heavy (non-hydrogen) atoms. The summed E-state index contributed by atoms with van der Waals surface area (Å²) in [6.45, 7) is 8.90. The van der Waals surface area contributed by atoms with Gasteiger partial charge in [-0.1, -0.05) is 19.9 Å². The maximum Gasteiger partial charge on any atom is 0.231 e. The van der Waals surface area contributed by atoms with Gasteiger partial charge in [-0.2, -0.15) is 0 Å². The lowest BCUT2D eigenvalue weighted by molar-refractivity contribution is 0.174. The van der Waals surface area contributed by atoms with Crippen molar-refractivity contribution in [1.29, 1.82) is 0 Å². The summed E-state index contributed by atoms with van der Waals surface area (Å²) in [6.07, 6.45) is 0.885. The zero-order chi connectivity index (χ0) is 18.4. The van der Waals surface area contributed by atoms with E-state index < -0.39 is 0 Å². The predicted molar refractivity (Wildman–Crippen MR) is 121 cm³/mol. The predicted octanol–water partition coefficient (Wildman–Crippen LogP) is 3.91. The molecule has 148 valence electrons. The van der Waals surface area contributed by atoms with Crippen LogP contribution < -0.4 is 20.1 Å². The van der Waals surface area contributed by atoms with Crippen LogP contribution in [0.5, 0.6) is 11.5 Å². The fourth-order valence-electron chi connectivity index (χ4n) is 2.57. The fraction of sp³-hybridized carbons (Fsp3) is 0.474. The molecule has 0 atom stereocenters. The monoisotopic (exact) mass is 502 g/mol. The number of aliphatic imine (C=N–C) groups is 1. The highest BCUT2D eigenvalue weighted by atomic mass is 127. The van der Waals surface area contributed by atoms with E-state index in [1.54, 1.807) is 11.3 Å². The Morgan fingerprint density at radius 3 is 2.81 bits per heavy atom. The van der Waals surface area contributed by atoms with Gasteiger partial charge in [0.25, 0.3) is 0 Å². The Bertz CT molecular complexity index is 764. The van der Waals surface area contributed by atoms with E-state index in [-0.39, 0.29) is 24.0 Å². The summed E-state index contributed by atoms with van der Waals surface area (Å²) >= 11 is 1.67. The van der Waals surface area contributed by atoms with E-state index in [1.165, 1.54) is 5.56 Å². The van der Waals surface area contributed by atoms with Gasteiger partial charge in [0.15, 0.2) is 17.5 Å². The van der Waals surface area contributed by atoms with E-state index in [0.717, 1.165) is 47.7 Å². The molecule has 0 spiro atoms. The molecule has 2 N–H and O–H groups in total. The molecule has 1 aromatic carbocycles. The van der Waals surface area contributed by atoms with Gasteiger partial charge in [0, 0.05) is 18.5 Å². The molecule has 2 heterocycles. The highest BCUT2D eigenvalue weighted by Gasteiger charge is 2.13. The quantitative estimate of drug-likeness (QED) is 0.342. The van der Waals surface area contributed by atoms with Crippen molar-refractivity contribution in [2.24, 2.45) is 4.99 Å². The molecule has 0 aliphatic carbocycles. The Hall–Kier alpha value is -1.55. The number of aromatic nitrogens is 1. The fourth-order valence-corrected chi connectivity index (χ4v) is 3.45. The molecule has 0 amide bonds. The molecular formula is C19H27IN4O2S. The molecule has 0 fully saturated rings. The number of fused-ring (bicyclic) bond motifs is 1. The van der Waals surface area contributed by atoms with Crippen LogP contribution in [0, 0.1) is 0 Å². The number of nitrogens with one attached hydrogen (secondary N) is 2. The molecule has 3 rings (SSSR count). The van der Waals surface area contributed by atoms with Crippen molar-refractivity contribution in [2.75, 3.05) is 19.9 Å². The zero-order valence-electron chi connectivity index (χ0n) is 15.9. The third-order valence-corrected chi connectivity index (χ3v) is 4.87. The molecule has 1 aliphatic rings. The van der Waals surface area contributed by atoms with Gasteiger partial charge in [-0.05, 0) is 37.0 Å². The Balaban J connectivity index is 0.00000261. The van der Waals surface area contributed by atoms with E-state index in [1.807, 2.05) is 12.1 Å². The van der Waals surface area contributed by atoms with Gasteiger partial charge < -0.3 is 20.1 Å². The van der Waals surface area contributed by atoms with E-state index in [9.17, 15) is 0 Å². The molecule has 0 saturated carbocycles. The summed E-state index contributed by atoms with van der Waals surface area (Å²) < 4.78 is 10.8. The topological polar surface area (TPSA) is 67.8 Å². The number of rotatable bonds is 7. The minimum atomic E-state index is 0. The number of thiazole rings is 1. The molecule has 1 aromatic heterocycles. The minimum Gasteiger partial charge on any atom is -0.454 e. The number of halogens is 1. The van der Waals surface area contributed by atoms with Crippen molar-refractivity contribution in [3.8, 4) is 11.5 Å². The lowest BCUT2D eigenvalue weighted by atomic mass is 10.1. The molecule has 6 nitrogen and oxygen atoms in total. The first-order valence-electron chi connectivity index (χ1n) is 9.00. The Labute approximate surface area is 181 Å². The van der Waals surface area contributed by atoms with Gasteiger partial charge in [-0.15, -0.1) is 35.3 Å². The van der Waals surface area contributed by atoms with Crippen LogP contribution in [0.25, 0.3) is 0 Å². The van der Waals surface area contributed by atoms with Crippen LogP contribution >= 0.6 is 35.3 Å². The summed E-state index contributed by atoms with van der Waals surface area (Å²) in [5.41, 5.74) is 2.35. The molecule has 8 heteroatoms. The summed E-state index contributed by atoms with van der Waals surface area (Å²) in [4.78, 5) is 9.28. The molecule has 0 saturated heterocycles. The molecule has 1 aliphatic heterocycles. The van der Waals surface area contributed by atoms with Crippen LogP contribution in [0.1, 0.15) is 43.0 Å². The maximum atomic E-state index is 5.43. The van der Waals surface area contributed by atoms with Crippen LogP contribution in [0.3, 0.4) is 0 Å². The summed E-state index contributed by atoms with van der Waals surface area (Å²) in [6, 6.07) is 6.07. The van der Waals surface area contributed by atoms with Crippen molar-refractivity contribution in [1.82, 2.24) is 15.6 Å². The van der Waals surface area contributed by atoms with E-state index in [0.29, 0.717) is 19.3 Å².